The van der Waals surface area contributed by atoms with Crippen molar-refractivity contribution < 1.29 is 39.5 Å². The lowest BCUT2D eigenvalue weighted by molar-refractivity contribution is -0.612. The van der Waals surface area contributed by atoms with E-state index in [1.54, 1.807) is 0 Å². The summed E-state index contributed by atoms with van der Waals surface area (Å²) in [5.74, 6) is -1.10. The Balaban J connectivity index is 2.58. The highest BCUT2D eigenvalue weighted by atomic mass is 35.5. The first-order valence-corrected chi connectivity index (χ1v) is 8.63. The number of alkyl halides is 6. The topological polar surface area (TPSA) is 61.1 Å². The van der Waals surface area contributed by atoms with E-state index in [4.69, 9.17) is 11.6 Å². The first-order chi connectivity index (χ1) is 11.7. The van der Waals surface area contributed by atoms with E-state index >= 15 is 0 Å². The second kappa shape index (κ2) is 6.62. The summed E-state index contributed by atoms with van der Waals surface area (Å²) in [4.78, 5) is -1.20. The highest BCUT2D eigenvalue weighted by molar-refractivity contribution is 7.90. The van der Waals surface area contributed by atoms with Gasteiger partial charge in [-0.15, -0.1) is 0 Å². The summed E-state index contributed by atoms with van der Waals surface area (Å²) in [6.07, 6.45) is -9.58. The molecular formula is C14H8ClF6NO3S. The number of aromatic nitrogens is 1. The quantitative estimate of drug-likeness (QED) is 0.429. The van der Waals surface area contributed by atoms with E-state index in [0.717, 1.165) is 18.3 Å². The van der Waals surface area contributed by atoms with Crippen LogP contribution < -0.4 is 4.73 Å². The van der Waals surface area contributed by atoms with Crippen molar-refractivity contribution in [2.24, 2.45) is 0 Å². The maximum atomic E-state index is 12.8. The van der Waals surface area contributed by atoms with Crippen LogP contribution in [0.5, 0.6) is 0 Å². The molecule has 26 heavy (non-hydrogen) atoms. The summed E-state index contributed by atoms with van der Waals surface area (Å²) < 4.78 is 102. The molecule has 0 aliphatic carbocycles. The maximum absolute atomic E-state index is 12.8. The van der Waals surface area contributed by atoms with Crippen LogP contribution in [0.25, 0.3) is 0 Å². The zero-order valence-electron chi connectivity index (χ0n) is 12.4. The Morgan fingerprint density at radius 1 is 0.962 bits per heavy atom. The SMILES string of the molecule is O=S(=O)(Cc1ccc(Cl)c[n+]1[O-])c1cc(C(F)(F)F)cc(C(F)(F)F)c1. The molecule has 0 saturated heterocycles. The van der Waals surface area contributed by atoms with Gasteiger partial charge >= 0.3 is 12.4 Å². The molecule has 0 amide bonds. The molecule has 0 radical (unpaired) electrons. The van der Waals surface area contributed by atoms with Crippen LogP contribution in [0.4, 0.5) is 26.3 Å². The third-order valence-corrected chi connectivity index (χ3v) is 5.07. The molecule has 0 aliphatic rings. The Labute approximate surface area is 148 Å². The molecule has 0 aliphatic heterocycles. The molecule has 12 heteroatoms. The highest BCUT2D eigenvalue weighted by Gasteiger charge is 2.38. The van der Waals surface area contributed by atoms with E-state index in [9.17, 15) is 40.0 Å². The first-order valence-electron chi connectivity index (χ1n) is 6.60. The van der Waals surface area contributed by atoms with Crippen LogP contribution in [0.2, 0.25) is 5.02 Å². The summed E-state index contributed by atoms with van der Waals surface area (Å²) in [7, 11) is -4.68. The number of sulfone groups is 1. The van der Waals surface area contributed by atoms with E-state index in [1.807, 2.05) is 0 Å². The van der Waals surface area contributed by atoms with Crippen LogP contribution in [-0.2, 0) is 27.9 Å². The molecule has 0 spiro atoms. The van der Waals surface area contributed by atoms with Gasteiger partial charge in [0.05, 0.1) is 16.0 Å². The van der Waals surface area contributed by atoms with Crippen LogP contribution >= 0.6 is 11.6 Å². The molecule has 0 atom stereocenters. The summed E-state index contributed by atoms with van der Waals surface area (Å²) in [5, 5.41) is 11.6. The fourth-order valence-corrected chi connectivity index (χ4v) is 3.53. The Bertz CT molecular complexity index is 908. The Morgan fingerprint density at radius 2 is 1.46 bits per heavy atom. The first kappa shape index (κ1) is 20.3. The number of nitrogens with zero attached hydrogens (tertiary/aromatic N) is 1. The van der Waals surface area contributed by atoms with Gasteiger partial charge in [0.25, 0.3) is 0 Å². The molecule has 2 aromatic rings. The standard InChI is InChI=1S/C14H8ClF6NO3S/c15-10-1-2-11(22(23)6-10)7-26(24,25)12-4-8(13(16,17)18)3-9(5-12)14(19,20)21/h1-6H,7H2. The summed E-state index contributed by atoms with van der Waals surface area (Å²) in [5.41, 5.74) is -3.95. The molecule has 2 rings (SSSR count). The minimum atomic E-state index is -5.19. The maximum Gasteiger partial charge on any atom is 0.416 e. The number of hydrogen-bond donors (Lipinski definition) is 0. The second-order valence-electron chi connectivity index (χ2n) is 5.17. The third kappa shape index (κ3) is 4.58. The number of pyridine rings is 1. The van der Waals surface area contributed by atoms with Crippen LogP contribution in [0.1, 0.15) is 16.8 Å². The molecule has 1 aromatic heterocycles. The molecule has 4 nitrogen and oxygen atoms in total. The average Bonchev–Trinajstić information content (AvgIpc) is 2.48. The minimum absolute atomic E-state index is 0.0282. The van der Waals surface area contributed by atoms with Crippen molar-refractivity contribution in [2.75, 3.05) is 0 Å². The lowest BCUT2D eigenvalue weighted by Crippen LogP contribution is -2.32. The van der Waals surface area contributed by atoms with Gasteiger partial charge in [-0.25, -0.2) is 8.42 Å². The van der Waals surface area contributed by atoms with Crippen molar-refractivity contribution >= 4 is 21.4 Å². The molecule has 142 valence electrons. The van der Waals surface area contributed by atoms with Crippen LogP contribution in [0, 0.1) is 5.21 Å². The number of rotatable bonds is 3. The molecule has 0 fully saturated rings. The van der Waals surface area contributed by atoms with Crippen molar-refractivity contribution in [1.29, 1.82) is 0 Å². The molecule has 1 aromatic carbocycles. The number of hydrogen-bond acceptors (Lipinski definition) is 3. The van der Waals surface area contributed by atoms with Crippen molar-refractivity contribution in [3.05, 3.63) is 63.6 Å². The zero-order valence-corrected chi connectivity index (χ0v) is 14.0. The minimum Gasteiger partial charge on any atom is -0.618 e. The van der Waals surface area contributed by atoms with Gasteiger partial charge in [-0.1, -0.05) is 11.6 Å². The molecule has 0 unspecified atom stereocenters. The van der Waals surface area contributed by atoms with Gasteiger partial charge in [-0.3, -0.25) is 0 Å². The monoisotopic (exact) mass is 419 g/mol. The molecule has 0 N–H and O–H groups in total. The van der Waals surface area contributed by atoms with Crippen molar-refractivity contribution in [3.8, 4) is 0 Å². The largest absolute Gasteiger partial charge is 0.618 e. The smallest absolute Gasteiger partial charge is 0.416 e. The van der Waals surface area contributed by atoms with Gasteiger partial charge < -0.3 is 5.21 Å². The lowest BCUT2D eigenvalue weighted by Gasteiger charge is -2.14. The summed E-state index contributed by atoms with van der Waals surface area (Å²) >= 11 is 5.53. The fourth-order valence-electron chi connectivity index (χ4n) is 1.98. The van der Waals surface area contributed by atoms with Gasteiger partial charge in [0.15, 0.2) is 16.0 Å². The van der Waals surface area contributed by atoms with Crippen LogP contribution in [-0.4, -0.2) is 8.42 Å². The van der Waals surface area contributed by atoms with E-state index in [1.165, 1.54) is 0 Å². The van der Waals surface area contributed by atoms with E-state index in [-0.39, 0.29) is 28.0 Å². The second-order valence-corrected chi connectivity index (χ2v) is 7.59. The lowest BCUT2D eigenvalue weighted by atomic mass is 10.1. The van der Waals surface area contributed by atoms with E-state index < -0.39 is 49.7 Å². The van der Waals surface area contributed by atoms with Crippen molar-refractivity contribution in [1.82, 2.24) is 0 Å². The Hall–Kier alpha value is -2.01. The predicted octanol–water partition coefficient (Wildman–Crippen LogP) is 3.98. The van der Waals surface area contributed by atoms with Gasteiger partial charge in [0.1, 0.15) is 10.8 Å². The van der Waals surface area contributed by atoms with Crippen LogP contribution in [0.15, 0.2) is 41.4 Å². The Kier molecular flexibility index (Phi) is 5.17. The van der Waals surface area contributed by atoms with E-state index in [2.05, 4.69) is 0 Å². The number of halogens is 7. The average molecular weight is 420 g/mol. The van der Waals surface area contributed by atoms with Gasteiger partial charge in [0, 0.05) is 6.07 Å². The Morgan fingerprint density at radius 3 is 1.88 bits per heavy atom. The summed E-state index contributed by atoms with van der Waals surface area (Å²) in [6, 6.07) is 2.17. The molecule has 1 heterocycles. The normalized spacial score (nSPS) is 13.0. The predicted molar refractivity (Wildman–Crippen MR) is 77.7 cm³/mol. The highest BCUT2D eigenvalue weighted by Crippen LogP contribution is 2.37. The van der Waals surface area contributed by atoms with Crippen molar-refractivity contribution in [3.63, 3.8) is 0 Å². The van der Waals surface area contributed by atoms with E-state index in [0.29, 0.717) is 0 Å². The van der Waals surface area contributed by atoms with Crippen molar-refractivity contribution in [2.45, 2.75) is 23.0 Å². The fraction of sp³-hybridized carbons (Fsp3) is 0.214. The van der Waals surface area contributed by atoms with Gasteiger partial charge in [0.2, 0.25) is 5.69 Å². The number of benzene rings is 1. The van der Waals surface area contributed by atoms with Gasteiger partial charge in [-0.2, -0.15) is 31.1 Å². The molecule has 0 bridgehead atoms. The van der Waals surface area contributed by atoms with Crippen LogP contribution in [0.3, 0.4) is 0 Å². The summed E-state index contributed by atoms with van der Waals surface area (Å²) in [6.45, 7) is 0. The zero-order chi connectivity index (χ0) is 19.9. The van der Waals surface area contributed by atoms with Gasteiger partial charge in [-0.05, 0) is 24.3 Å². The molecule has 0 saturated carbocycles. The molecular weight excluding hydrogens is 412 g/mol. The third-order valence-electron chi connectivity index (χ3n) is 3.22.